The summed E-state index contributed by atoms with van der Waals surface area (Å²) in [6.07, 6.45) is 0.519. The van der Waals surface area contributed by atoms with E-state index in [0.29, 0.717) is 11.3 Å². The Kier molecular flexibility index (Phi) is 3.77. The minimum Gasteiger partial charge on any atom is -0.470 e. The molecular weight excluding hydrogens is 270 g/mol. The second-order valence-electron chi connectivity index (χ2n) is 4.24. The maximum absolute atomic E-state index is 12.2. The fourth-order valence-corrected chi connectivity index (χ4v) is 2.26. The van der Waals surface area contributed by atoms with Gasteiger partial charge in [0.05, 0.1) is 18.4 Å². The highest BCUT2D eigenvalue weighted by molar-refractivity contribution is 7.85. The highest BCUT2D eigenvalue weighted by atomic mass is 32.2. The Bertz CT molecular complexity index is 584. The molecule has 1 aliphatic rings. The van der Waals surface area contributed by atoms with Crippen molar-refractivity contribution in [2.45, 2.75) is 13.2 Å². The number of ether oxygens (including phenoxy) is 1. The van der Waals surface area contributed by atoms with Gasteiger partial charge in [-0.2, -0.15) is 8.42 Å². The quantitative estimate of drug-likeness (QED) is 0.767. The minimum absolute atomic E-state index is 0.0829. The summed E-state index contributed by atoms with van der Waals surface area (Å²) < 4.78 is 32.0. The molecule has 0 saturated carbocycles. The number of benzene rings is 1. The molecule has 2 rings (SSSR count). The van der Waals surface area contributed by atoms with E-state index in [2.05, 4.69) is 4.18 Å². The van der Waals surface area contributed by atoms with Crippen LogP contribution in [0.2, 0.25) is 0 Å². The molecule has 0 aliphatic carbocycles. The lowest BCUT2D eigenvalue weighted by atomic mass is 10.1. The first kappa shape index (κ1) is 13.8. The molecule has 6 nitrogen and oxygen atoms in total. The molecule has 0 spiro atoms. The zero-order valence-corrected chi connectivity index (χ0v) is 11.5. The summed E-state index contributed by atoms with van der Waals surface area (Å²) in [6, 6.07) is 6.95. The van der Waals surface area contributed by atoms with Crippen LogP contribution in [0.3, 0.4) is 0 Å². The summed E-state index contributed by atoms with van der Waals surface area (Å²) in [5.41, 5.74) is 0.472. The summed E-state index contributed by atoms with van der Waals surface area (Å²) in [4.78, 5) is 13.7. The summed E-state index contributed by atoms with van der Waals surface area (Å²) >= 11 is 0. The van der Waals surface area contributed by atoms with Crippen LogP contribution in [0.15, 0.2) is 24.3 Å². The summed E-state index contributed by atoms with van der Waals surface area (Å²) in [5, 5.41) is 0. The highest BCUT2D eigenvalue weighted by Crippen LogP contribution is 2.27. The van der Waals surface area contributed by atoms with Crippen LogP contribution in [-0.2, 0) is 14.3 Å². The average molecular weight is 285 g/mol. The van der Waals surface area contributed by atoms with Crippen molar-refractivity contribution in [3.05, 3.63) is 29.8 Å². The van der Waals surface area contributed by atoms with Crippen LogP contribution in [0.1, 0.15) is 17.3 Å². The van der Waals surface area contributed by atoms with Crippen molar-refractivity contribution < 1.29 is 22.1 Å². The van der Waals surface area contributed by atoms with E-state index in [1.54, 1.807) is 31.2 Å². The van der Waals surface area contributed by atoms with E-state index >= 15 is 0 Å². The molecule has 1 atom stereocenters. The molecule has 0 saturated heterocycles. The summed E-state index contributed by atoms with van der Waals surface area (Å²) in [6.45, 7) is 1.80. The zero-order valence-electron chi connectivity index (χ0n) is 10.7. The molecule has 1 aliphatic heterocycles. The number of carbonyl (C=O) groups excluding carboxylic acids is 1. The van der Waals surface area contributed by atoms with E-state index in [1.165, 1.54) is 4.90 Å². The van der Waals surface area contributed by atoms with Gasteiger partial charge in [0.15, 0.2) is 6.23 Å². The first-order valence-electron chi connectivity index (χ1n) is 5.79. The lowest BCUT2D eigenvalue weighted by molar-refractivity contribution is 0.0137. The van der Waals surface area contributed by atoms with Crippen LogP contribution >= 0.6 is 0 Å². The molecule has 0 aromatic heterocycles. The van der Waals surface area contributed by atoms with Crippen molar-refractivity contribution in [2.24, 2.45) is 0 Å². The topological polar surface area (TPSA) is 72.9 Å². The third-order valence-electron chi connectivity index (χ3n) is 2.74. The third kappa shape index (κ3) is 3.24. The van der Waals surface area contributed by atoms with Gasteiger partial charge in [0.1, 0.15) is 5.75 Å². The van der Waals surface area contributed by atoms with Crippen LogP contribution in [0.25, 0.3) is 0 Å². The number of hydrogen-bond acceptors (Lipinski definition) is 5. The third-order valence-corrected chi connectivity index (χ3v) is 3.34. The van der Waals surface area contributed by atoms with Crippen molar-refractivity contribution in [1.29, 1.82) is 0 Å². The molecule has 19 heavy (non-hydrogen) atoms. The molecule has 1 heterocycles. The molecule has 7 heteroatoms. The number of hydrogen-bond donors (Lipinski definition) is 0. The van der Waals surface area contributed by atoms with Crippen LogP contribution in [0.4, 0.5) is 0 Å². The maximum atomic E-state index is 12.2. The van der Waals surface area contributed by atoms with E-state index in [9.17, 15) is 13.2 Å². The highest BCUT2D eigenvalue weighted by Gasteiger charge is 2.30. The van der Waals surface area contributed by atoms with Gasteiger partial charge in [0, 0.05) is 6.54 Å². The van der Waals surface area contributed by atoms with Crippen molar-refractivity contribution in [2.75, 3.05) is 19.4 Å². The molecule has 0 fully saturated rings. The fraction of sp³-hybridized carbons (Fsp3) is 0.417. The normalized spacial score (nSPS) is 18.9. The predicted molar refractivity (Wildman–Crippen MR) is 68.4 cm³/mol. The minimum atomic E-state index is -3.50. The Morgan fingerprint density at radius 3 is 2.74 bits per heavy atom. The molecule has 1 amide bonds. The van der Waals surface area contributed by atoms with Gasteiger partial charge in [-0.15, -0.1) is 0 Å². The zero-order chi connectivity index (χ0) is 14.0. The molecule has 0 bridgehead atoms. The Labute approximate surface area is 112 Å². The lowest BCUT2D eigenvalue weighted by Gasteiger charge is -2.34. The van der Waals surface area contributed by atoms with Crippen LogP contribution in [0.5, 0.6) is 5.75 Å². The van der Waals surface area contributed by atoms with E-state index < -0.39 is 16.3 Å². The van der Waals surface area contributed by atoms with Crippen molar-refractivity contribution >= 4 is 16.0 Å². The fourth-order valence-electron chi connectivity index (χ4n) is 1.88. The Morgan fingerprint density at radius 2 is 2.05 bits per heavy atom. The number of rotatable bonds is 4. The van der Waals surface area contributed by atoms with Gasteiger partial charge in [0.2, 0.25) is 0 Å². The Hall–Kier alpha value is -1.60. The van der Waals surface area contributed by atoms with E-state index in [-0.39, 0.29) is 19.1 Å². The van der Waals surface area contributed by atoms with Crippen LogP contribution in [-0.4, -0.2) is 44.9 Å². The molecule has 1 aromatic carbocycles. The summed E-state index contributed by atoms with van der Waals surface area (Å²) in [7, 11) is -3.50. The number of para-hydroxylation sites is 1. The van der Waals surface area contributed by atoms with E-state index in [1.807, 2.05) is 0 Å². The van der Waals surface area contributed by atoms with E-state index in [4.69, 9.17) is 4.74 Å². The molecule has 0 radical (unpaired) electrons. The number of fused-ring (bicyclic) bond motifs is 1. The van der Waals surface area contributed by atoms with Gasteiger partial charge < -0.3 is 9.64 Å². The van der Waals surface area contributed by atoms with Gasteiger partial charge in [0.25, 0.3) is 16.0 Å². The predicted octanol–water partition coefficient (Wildman–Crippen LogP) is 0.843. The maximum Gasteiger partial charge on any atom is 0.264 e. The van der Waals surface area contributed by atoms with Gasteiger partial charge >= 0.3 is 0 Å². The lowest BCUT2D eigenvalue weighted by Crippen LogP contribution is -2.47. The number of carbonyl (C=O) groups is 1. The van der Waals surface area contributed by atoms with Crippen LogP contribution < -0.4 is 4.74 Å². The second-order valence-corrected chi connectivity index (χ2v) is 5.88. The summed E-state index contributed by atoms with van der Waals surface area (Å²) in [5.74, 6) is 0.353. The smallest absolute Gasteiger partial charge is 0.264 e. The SMILES string of the molecule is CC1Oc2ccccc2C(=O)N1CCOS(C)(=O)=O. The monoisotopic (exact) mass is 285 g/mol. The van der Waals surface area contributed by atoms with Crippen molar-refractivity contribution in [3.63, 3.8) is 0 Å². The van der Waals surface area contributed by atoms with Gasteiger partial charge in [-0.3, -0.25) is 8.98 Å². The van der Waals surface area contributed by atoms with E-state index in [0.717, 1.165) is 6.26 Å². The molecular formula is C12H15NO5S. The standard InChI is InChI=1S/C12H15NO5S/c1-9-13(7-8-17-19(2,15)16)12(14)10-5-3-4-6-11(10)18-9/h3-6,9H,7-8H2,1-2H3. The van der Waals surface area contributed by atoms with Gasteiger partial charge in [-0.25, -0.2) is 0 Å². The second kappa shape index (κ2) is 5.18. The number of amides is 1. The molecule has 104 valence electrons. The molecule has 1 unspecified atom stereocenters. The molecule has 1 aromatic rings. The van der Waals surface area contributed by atoms with Gasteiger partial charge in [-0.1, -0.05) is 12.1 Å². The average Bonchev–Trinajstić information content (AvgIpc) is 2.32. The number of nitrogens with zero attached hydrogens (tertiary/aromatic N) is 1. The largest absolute Gasteiger partial charge is 0.470 e. The van der Waals surface area contributed by atoms with Gasteiger partial charge in [-0.05, 0) is 19.1 Å². The molecule has 0 N–H and O–H groups in total. The Balaban J connectivity index is 2.09. The first-order valence-corrected chi connectivity index (χ1v) is 7.61. The first-order chi connectivity index (χ1) is 8.88. The van der Waals surface area contributed by atoms with Crippen molar-refractivity contribution in [1.82, 2.24) is 4.90 Å². The Morgan fingerprint density at radius 1 is 1.37 bits per heavy atom. The van der Waals surface area contributed by atoms with Crippen molar-refractivity contribution in [3.8, 4) is 5.75 Å². The van der Waals surface area contributed by atoms with Crippen LogP contribution in [0, 0.1) is 0 Å².